The maximum Gasteiger partial charge on any atom is 0.240 e. The average Bonchev–Trinajstić information content (AvgIpc) is 2.77. The number of nitrogens with two attached hydrogens (primary N) is 1. The molecule has 1 aliphatic carbocycles. The van der Waals surface area contributed by atoms with Gasteiger partial charge < -0.3 is 11.1 Å². The molecule has 1 aliphatic rings. The Kier molecular flexibility index (Phi) is 4.63. The molecule has 1 amide bonds. The van der Waals surface area contributed by atoms with Crippen molar-refractivity contribution in [1.29, 1.82) is 0 Å². The highest BCUT2D eigenvalue weighted by Crippen LogP contribution is 2.27. The first-order valence-electron chi connectivity index (χ1n) is 6.84. The number of rotatable bonds is 4. The van der Waals surface area contributed by atoms with Crippen molar-refractivity contribution in [1.82, 2.24) is 5.32 Å². The average molecular weight is 325 g/mol. The van der Waals surface area contributed by atoms with E-state index in [1.807, 2.05) is 19.1 Å². The molecule has 3 N–H and O–H groups in total. The number of carbonyl (C=O) groups is 1. The summed E-state index contributed by atoms with van der Waals surface area (Å²) >= 11 is 3.46. The molecule has 104 valence electrons. The Labute approximate surface area is 123 Å². The van der Waals surface area contributed by atoms with Crippen LogP contribution in [-0.4, -0.2) is 17.5 Å². The molecule has 3 nitrogen and oxygen atoms in total. The van der Waals surface area contributed by atoms with Gasteiger partial charge in [-0.25, -0.2) is 0 Å². The highest BCUT2D eigenvalue weighted by Gasteiger charge is 2.37. The molecule has 4 heteroatoms. The van der Waals surface area contributed by atoms with Crippen molar-refractivity contribution in [2.75, 3.05) is 0 Å². The lowest BCUT2D eigenvalue weighted by atomic mass is 9.97. The van der Waals surface area contributed by atoms with E-state index in [1.165, 1.54) is 5.56 Å². The second-order valence-corrected chi connectivity index (χ2v) is 6.49. The van der Waals surface area contributed by atoms with E-state index in [4.69, 9.17) is 5.73 Å². The number of halogens is 1. The van der Waals surface area contributed by atoms with Gasteiger partial charge in [-0.05, 0) is 43.9 Å². The Balaban J connectivity index is 1.90. The minimum Gasteiger partial charge on any atom is -0.352 e. The number of carbonyl (C=O) groups excluding carboxylic acids is 1. The Morgan fingerprint density at radius 1 is 1.47 bits per heavy atom. The number of benzene rings is 1. The normalized spacial score (nSPS) is 19.1. The van der Waals surface area contributed by atoms with Gasteiger partial charge in [0.1, 0.15) is 0 Å². The van der Waals surface area contributed by atoms with Gasteiger partial charge in [-0.1, -0.05) is 40.9 Å². The number of hydrogen-bond acceptors (Lipinski definition) is 2. The molecule has 0 aromatic heterocycles. The van der Waals surface area contributed by atoms with Crippen molar-refractivity contribution < 1.29 is 4.79 Å². The summed E-state index contributed by atoms with van der Waals surface area (Å²) in [4.78, 5) is 12.2. The summed E-state index contributed by atoms with van der Waals surface area (Å²) in [5, 5.41) is 3.05. The fraction of sp³-hybridized carbons (Fsp3) is 0.533. The lowest BCUT2D eigenvalue weighted by Crippen LogP contribution is -2.54. The molecule has 0 bridgehead atoms. The third-order valence-electron chi connectivity index (χ3n) is 3.76. The van der Waals surface area contributed by atoms with Crippen LogP contribution in [0.2, 0.25) is 0 Å². The summed E-state index contributed by atoms with van der Waals surface area (Å²) < 4.78 is 1.06. The van der Waals surface area contributed by atoms with Gasteiger partial charge in [0, 0.05) is 10.5 Å². The van der Waals surface area contributed by atoms with Crippen LogP contribution in [0.25, 0.3) is 0 Å². The van der Waals surface area contributed by atoms with Crippen LogP contribution >= 0.6 is 15.9 Å². The summed E-state index contributed by atoms with van der Waals surface area (Å²) in [6, 6.07) is 8.26. The monoisotopic (exact) mass is 324 g/mol. The van der Waals surface area contributed by atoms with Gasteiger partial charge in [-0.3, -0.25) is 4.79 Å². The van der Waals surface area contributed by atoms with E-state index in [0.29, 0.717) is 0 Å². The van der Waals surface area contributed by atoms with Crippen LogP contribution in [0, 0.1) is 0 Å². The Bertz CT molecular complexity index is 455. The van der Waals surface area contributed by atoms with Gasteiger partial charge in [-0.2, -0.15) is 0 Å². The molecule has 1 atom stereocenters. The Morgan fingerprint density at radius 3 is 2.79 bits per heavy atom. The third-order valence-corrected chi connectivity index (χ3v) is 4.25. The zero-order chi connectivity index (χ0) is 13.9. The summed E-state index contributed by atoms with van der Waals surface area (Å²) in [6.45, 7) is 2.02. The fourth-order valence-corrected chi connectivity index (χ4v) is 3.12. The zero-order valence-corrected chi connectivity index (χ0v) is 12.9. The third kappa shape index (κ3) is 3.80. The predicted octanol–water partition coefficient (Wildman–Crippen LogP) is 2.77. The van der Waals surface area contributed by atoms with Crippen molar-refractivity contribution in [2.24, 2.45) is 5.73 Å². The van der Waals surface area contributed by atoms with Gasteiger partial charge in [0.15, 0.2) is 0 Å². The molecule has 0 spiro atoms. The molecular formula is C15H21BrN2O. The van der Waals surface area contributed by atoms with Crippen LogP contribution in [-0.2, 0) is 11.2 Å². The van der Waals surface area contributed by atoms with Crippen LogP contribution in [0.15, 0.2) is 28.7 Å². The van der Waals surface area contributed by atoms with E-state index in [0.717, 1.165) is 36.6 Å². The largest absolute Gasteiger partial charge is 0.352 e. The fourth-order valence-electron chi connectivity index (χ4n) is 2.67. The highest BCUT2D eigenvalue weighted by molar-refractivity contribution is 9.10. The Morgan fingerprint density at radius 2 is 2.16 bits per heavy atom. The molecule has 1 fully saturated rings. The van der Waals surface area contributed by atoms with Crippen LogP contribution in [0.5, 0.6) is 0 Å². The van der Waals surface area contributed by atoms with Crippen LogP contribution in [0.4, 0.5) is 0 Å². The van der Waals surface area contributed by atoms with Crippen molar-refractivity contribution in [3.05, 3.63) is 34.3 Å². The van der Waals surface area contributed by atoms with E-state index >= 15 is 0 Å². The predicted molar refractivity (Wildman–Crippen MR) is 80.8 cm³/mol. The lowest BCUT2D eigenvalue weighted by Gasteiger charge is -2.25. The minimum atomic E-state index is -0.633. The summed E-state index contributed by atoms with van der Waals surface area (Å²) in [5.74, 6) is 0.00694. The second kappa shape index (κ2) is 6.06. The molecule has 0 aliphatic heterocycles. The molecule has 0 saturated heterocycles. The first-order chi connectivity index (χ1) is 8.99. The van der Waals surface area contributed by atoms with Gasteiger partial charge in [0.05, 0.1) is 5.54 Å². The van der Waals surface area contributed by atoms with E-state index in [2.05, 4.69) is 33.4 Å². The molecule has 1 aromatic rings. The molecule has 1 saturated carbocycles. The van der Waals surface area contributed by atoms with Crippen LogP contribution < -0.4 is 11.1 Å². The molecule has 1 unspecified atom stereocenters. The molecule has 1 aromatic carbocycles. The van der Waals surface area contributed by atoms with Gasteiger partial charge >= 0.3 is 0 Å². The SMILES string of the molecule is CC(Cc1cccc(Br)c1)NC(=O)C1(N)CCCC1. The van der Waals surface area contributed by atoms with Crippen LogP contribution in [0.3, 0.4) is 0 Å². The zero-order valence-electron chi connectivity index (χ0n) is 11.3. The van der Waals surface area contributed by atoms with Crippen molar-refractivity contribution in [3.8, 4) is 0 Å². The first-order valence-corrected chi connectivity index (χ1v) is 7.63. The summed E-state index contributed by atoms with van der Waals surface area (Å²) in [6.07, 6.45) is 4.56. The molecular weight excluding hydrogens is 304 g/mol. The minimum absolute atomic E-state index is 0.00694. The summed E-state index contributed by atoms with van der Waals surface area (Å²) in [5.41, 5.74) is 6.72. The number of amides is 1. The summed E-state index contributed by atoms with van der Waals surface area (Å²) in [7, 11) is 0. The lowest BCUT2D eigenvalue weighted by molar-refractivity contribution is -0.126. The smallest absolute Gasteiger partial charge is 0.240 e. The van der Waals surface area contributed by atoms with Crippen molar-refractivity contribution >= 4 is 21.8 Å². The van der Waals surface area contributed by atoms with Gasteiger partial charge in [-0.15, -0.1) is 0 Å². The van der Waals surface area contributed by atoms with Gasteiger partial charge in [0.2, 0.25) is 5.91 Å². The molecule has 0 heterocycles. The van der Waals surface area contributed by atoms with Crippen LogP contribution in [0.1, 0.15) is 38.2 Å². The maximum atomic E-state index is 12.2. The van der Waals surface area contributed by atoms with Crippen molar-refractivity contribution in [3.63, 3.8) is 0 Å². The second-order valence-electron chi connectivity index (χ2n) is 5.57. The topological polar surface area (TPSA) is 55.1 Å². The maximum absolute atomic E-state index is 12.2. The van der Waals surface area contributed by atoms with E-state index in [-0.39, 0.29) is 11.9 Å². The van der Waals surface area contributed by atoms with Gasteiger partial charge in [0.25, 0.3) is 0 Å². The van der Waals surface area contributed by atoms with E-state index in [9.17, 15) is 4.79 Å². The number of nitrogens with one attached hydrogen (secondary N) is 1. The quantitative estimate of drug-likeness (QED) is 0.894. The standard InChI is InChI=1S/C15H21BrN2O/c1-11(9-12-5-4-6-13(16)10-12)18-14(19)15(17)7-2-3-8-15/h4-6,10-11H,2-3,7-9,17H2,1H3,(H,18,19). The van der Waals surface area contributed by atoms with E-state index < -0.39 is 5.54 Å². The molecule has 0 radical (unpaired) electrons. The first kappa shape index (κ1) is 14.5. The Hall–Kier alpha value is -0.870. The number of hydrogen-bond donors (Lipinski definition) is 2. The molecule has 2 rings (SSSR count). The van der Waals surface area contributed by atoms with E-state index in [1.54, 1.807) is 0 Å². The molecule has 19 heavy (non-hydrogen) atoms. The van der Waals surface area contributed by atoms with Crippen molar-refractivity contribution in [2.45, 2.75) is 50.6 Å². The highest BCUT2D eigenvalue weighted by atomic mass is 79.9.